The minimum atomic E-state index is -0.484. The van der Waals surface area contributed by atoms with Crippen LogP contribution in [-0.4, -0.2) is 10.1 Å². The van der Waals surface area contributed by atoms with Crippen LogP contribution in [0, 0.1) is 0 Å². The molecule has 2 aromatic rings. The number of aliphatic hydroxyl groups excluding tert-OH is 1. The van der Waals surface area contributed by atoms with Crippen molar-refractivity contribution in [2.45, 2.75) is 6.10 Å². The minimum absolute atomic E-state index is 0.484. The van der Waals surface area contributed by atoms with Gasteiger partial charge in [-0.3, -0.25) is 0 Å². The van der Waals surface area contributed by atoms with Crippen LogP contribution in [-0.2, 0) is 0 Å². The maximum absolute atomic E-state index is 9.76. The first-order valence-electron chi connectivity index (χ1n) is 3.71. The first kappa shape index (κ1) is 7.58. The van der Waals surface area contributed by atoms with Crippen molar-refractivity contribution in [2.24, 2.45) is 0 Å². The third-order valence-corrected chi connectivity index (χ3v) is 2.50. The van der Waals surface area contributed by atoms with Crippen molar-refractivity contribution >= 4 is 11.3 Å². The van der Waals surface area contributed by atoms with Crippen LogP contribution in [0.3, 0.4) is 0 Å². The molecule has 0 spiro atoms. The maximum atomic E-state index is 9.76. The highest BCUT2D eigenvalue weighted by Gasteiger charge is 2.09. The predicted octanol–water partition coefficient (Wildman–Crippen LogP) is 2.16. The third-order valence-electron chi connectivity index (χ3n) is 1.80. The van der Waals surface area contributed by atoms with Gasteiger partial charge in [-0.25, -0.2) is 0 Å². The molecule has 0 aliphatic heterocycles. The van der Waals surface area contributed by atoms with Gasteiger partial charge in [0.15, 0.2) is 0 Å². The summed E-state index contributed by atoms with van der Waals surface area (Å²) in [7, 11) is 0. The lowest BCUT2D eigenvalue weighted by Gasteiger charge is -2.04. The van der Waals surface area contributed by atoms with E-state index in [1.54, 1.807) is 11.3 Å². The summed E-state index contributed by atoms with van der Waals surface area (Å²) in [5.41, 5.74) is 1.87. The normalized spacial score (nSPS) is 13.1. The van der Waals surface area contributed by atoms with E-state index in [0.29, 0.717) is 0 Å². The average molecular weight is 179 g/mol. The molecule has 0 aliphatic rings. The molecule has 0 saturated heterocycles. The van der Waals surface area contributed by atoms with E-state index in [9.17, 15) is 5.11 Å². The summed E-state index contributed by atoms with van der Waals surface area (Å²) in [5, 5.41) is 13.7. The molecule has 2 N–H and O–H groups in total. The molecule has 2 nitrogen and oxygen atoms in total. The van der Waals surface area contributed by atoms with Gasteiger partial charge in [-0.05, 0) is 28.5 Å². The molecule has 0 fully saturated rings. The Morgan fingerprint density at radius 2 is 2.25 bits per heavy atom. The Hall–Kier alpha value is -1.06. The zero-order chi connectivity index (χ0) is 8.39. The Kier molecular flexibility index (Phi) is 1.98. The van der Waals surface area contributed by atoms with E-state index in [1.807, 2.05) is 35.3 Å². The fraction of sp³-hybridized carbons (Fsp3) is 0.111. The molecule has 0 radical (unpaired) electrons. The van der Waals surface area contributed by atoms with Crippen LogP contribution in [0.25, 0.3) is 0 Å². The van der Waals surface area contributed by atoms with Gasteiger partial charge in [0.2, 0.25) is 0 Å². The summed E-state index contributed by atoms with van der Waals surface area (Å²) in [4.78, 5) is 2.92. The van der Waals surface area contributed by atoms with Crippen molar-refractivity contribution in [3.63, 3.8) is 0 Å². The van der Waals surface area contributed by atoms with Gasteiger partial charge in [0.05, 0.1) is 0 Å². The number of aromatic nitrogens is 1. The van der Waals surface area contributed by atoms with Crippen LogP contribution in [0.2, 0.25) is 0 Å². The van der Waals surface area contributed by atoms with Crippen molar-refractivity contribution in [3.05, 3.63) is 46.4 Å². The fourth-order valence-electron chi connectivity index (χ4n) is 1.13. The van der Waals surface area contributed by atoms with E-state index in [2.05, 4.69) is 4.98 Å². The molecule has 62 valence electrons. The quantitative estimate of drug-likeness (QED) is 0.728. The standard InChI is InChI=1S/C9H9NOS/c11-9(7-1-3-10-5-7)8-2-4-12-6-8/h1-6,9-11H. The van der Waals surface area contributed by atoms with Crippen molar-refractivity contribution in [2.75, 3.05) is 0 Å². The Balaban J connectivity index is 2.27. The number of H-pyrrole nitrogens is 1. The summed E-state index contributed by atoms with van der Waals surface area (Å²) < 4.78 is 0. The summed E-state index contributed by atoms with van der Waals surface area (Å²) in [5.74, 6) is 0. The molecule has 2 heterocycles. The Bertz CT molecular complexity index is 291. The summed E-state index contributed by atoms with van der Waals surface area (Å²) in [6.07, 6.45) is 3.13. The smallest absolute Gasteiger partial charge is 0.106 e. The van der Waals surface area contributed by atoms with Crippen molar-refractivity contribution in [1.29, 1.82) is 0 Å². The van der Waals surface area contributed by atoms with Crippen LogP contribution in [0.1, 0.15) is 17.2 Å². The molecule has 1 unspecified atom stereocenters. The largest absolute Gasteiger partial charge is 0.384 e. The second-order valence-corrected chi connectivity index (χ2v) is 3.38. The number of hydrogen-bond donors (Lipinski definition) is 2. The van der Waals surface area contributed by atoms with Gasteiger partial charge in [-0.2, -0.15) is 11.3 Å². The lowest BCUT2D eigenvalue weighted by molar-refractivity contribution is 0.221. The summed E-state index contributed by atoms with van der Waals surface area (Å²) >= 11 is 1.59. The van der Waals surface area contributed by atoms with E-state index in [-0.39, 0.29) is 0 Å². The molecule has 2 aromatic heterocycles. The van der Waals surface area contributed by atoms with E-state index in [1.165, 1.54) is 0 Å². The molecule has 0 amide bonds. The fourth-order valence-corrected chi connectivity index (χ4v) is 1.81. The highest BCUT2D eigenvalue weighted by Crippen LogP contribution is 2.22. The SMILES string of the molecule is OC(c1cc[nH]c1)c1ccsc1. The van der Waals surface area contributed by atoms with Crippen LogP contribution in [0.5, 0.6) is 0 Å². The maximum Gasteiger partial charge on any atom is 0.106 e. The second-order valence-electron chi connectivity index (χ2n) is 2.60. The molecule has 1 atom stereocenters. The van der Waals surface area contributed by atoms with Crippen molar-refractivity contribution in [1.82, 2.24) is 4.98 Å². The van der Waals surface area contributed by atoms with Crippen molar-refractivity contribution < 1.29 is 5.11 Å². The Morgan fingerprint density at radius 1 is 1.33 bits per heavy atom. The molecular weight excluding hydrogens is 170 g/mol. The van der Waals surface area contributed by atoms with Crippen LogP contribution in [0.4, 0.5) is 0 Å². The van der Waals surface area contributed by atoms with E-state index in [0.717, 1.165) is 11.1 Å². The van der Waals surface area contributed by atoms with E-state index < -0.39 is 6.10 Å². The number of hydrogen-bond acceptors (Lipinski definition) is 2. The molecular formula is C9H9NOS. The van der Waals surface area contributed by atoms with Gasteiger partial charge in [0.25, 0.3) is 0 Å². The lowest BCUT2D eigenvalue weighted by Crippen LogP contribution is -1.94. The van der Waals surface area contributed by atoms with Gasteiger partial charge in [0, 0.05) is 18.0 Å². The molecule has 0 aromatic carbocycles. The van der Waals surface area contributed by atoms with E-state index >= 15 is 0 Å². The lowest BCUT2D eigenvalue weighted by atomic mass is 10.1. The van der Waals surface area contributed by atoms with Gasteiger partial charge in [-0.15, -0.1) is 0 Å². The molecule has 12 heavy (non-hydrogen) atoms. The summed E-state index contributed by atoms with van der Waals surface area (Å²) in [6, 6.07) is 3.81. The van der Waals surface area contributed by atoms with Gasteiger partial charge < -0.3 is 10.1 Å². The molecule has 2 rings (SSSR count). The zero-order valence-corrected chi connectivity index (χ0v) is 7.21. The predicted molar refractivity (Wildman–Crippen MR) is 49.2 cm³/mol. The Labute approximate surface area is 74.5 Å². The average Bonchev–Trinajstić information content (AvgIpc) is 2.77. The molecule has 3 heteroatoms. The number of aliphatic hydroxyl groups is 1. The minimum Gasteiger partial charge on any atom is -0.384 e. The van der Waals surface area contributed by atoms with Gasteiger partial charge in [0.1, 0.15) is 6.10 Å². The van der Waals surface area contributed by atoms with Gasteiger partial charge >= 0.3 is 0 Å². The first-order valence-corrected chi connectivity index (χ1v) is 4.65. The molecule has 0 saturated carbocycles. The number of aromatic amines is 1. The third kappa shape index (κ3) is 1.29. The number of nitrogens with one attached hydrogen (secondary N) is 1. The second kappa shape index (κ2) is 3.13. The van der Waals surface area contributed by atoms with Crippen molar-refractivity contribution in [3.8, 4) is 0 Å². The first-order chi connectivity index (χ1) is 5.88. The zero-order valence-electron chi connectivity index (χ0n) is 6.40. The van der Waals surface area contributed by atoms with E-state index in [4.69, 9.17) is 0 Å². The van der Waals surface area contributed by atoms with Crippen LogP contribution in [0.15, 0.2) is 35.3 Å². The van der Waals surface area contributed by atoms with Crippen LogP contribution >= 0.6 is 11.3 Å². The summed E-state index contributed by atoms with van der Waals surface area (Å²) in [6.45, 7) is 0. The van der Waals surface area contributed by atoms with Crippen LogP contribution < -0.4 is 0 Å². The number of thiophene rings is 1. The number of rotatable bonds is 2. The topological polar surface area (TPSA) is 36.0 Å². The molecule has 0 bridgehead atoms. The highest BCUT2D eigenvalue weighted by molar-refractivity contribution is 7.07. The van der Waals surface area contributed by atoms with Gasteiger partial charge in [-0.1, -0.05) is 0 Å². The Morgan fingerprint density at radius 3 is 2.83 bits per heavy atom. The highest BCUT2D eigenvalue weighted by atomic mass is 32.1. The monoisotopic (exact) mass is 179 g/mol. The molecule has 0 aliphatic carbocycles.